The van der Waals surface area contributed by atoms with Crippen molar-refractivity contribution < 1.29 is 14.4 Å². The number of pyridine rings is 1. The predicted molar refractivity (Wildman–Crippen MR) is 113 cm³/mol. The highest BCUT2D eigenvalue weighted by atomic mass is 16.2. The summed E-state index contributed by atoms with van der Waals surface area (Å²) in [5.74, 6) is -1.40. The second-order valence-corrected chi connectivity index (χ2v) is 6.14. The number of hydrogen-bond donors (Lipinski definition) is 5. The van der Waals surface area contributed by atoms with Gasteiger partial charge >= 0.3 is 0 Å². The van der Waals surface area contributed by atoms with Crippen molar-refractivity contribution >= 4 is 35.6 Å². The Morgan fingerprint density at radius 1 is 1.17 bits per heavy atom. The number of carbonyl (C=O) groups excluding carboxylic acids is 3. The largest absolute Gasteiger partial charge is 0.346 e. The molecule has 158 valence electrons. The summed E-state index contributed by atoms with van der Waals surface area (Å²) in [4.78, 5) is 41.9. The van der Waals surface area contributed by atoms with E-state index in [0.29, 0.717) is 30.0 Å². The summed E-state index contributed by atoms with van der Waals surface area (Å²) >= 11 is 0. The molecule has 1 rings (SSSR count). The lowest BCUT2D eigenvalue weighted by molar-refractivity contribution is -0.134. The van der Waals surface area contributed by atoms with E-state index in [0.717, 1.165) is 0 Å². The molecule has 29 heavy (non-hydrogen) atoms. The van der Waals surface area contributed by atoms with E-state index in [4.69, 9.17) is 17.2 Å². The molecule has 0 bridgehead atoms. The average Bonchev–Trinajstić information content (AvgIpc) is 2.71. The molecule has 1 atom stereocenters. The maximum atomic E-state index is 12.2. The van der Waals surface area contributed by atoms with Gasteiger partial charge in [-0.1, -0.05) is 19.2 Å². The Morgan fingerprint density at radius 3 is 2.38 bits per heavy atom. The van der Waals surface area contributed by atoms with Crippen molar-refractivity contribution in [2.24, 2.45) is 17.2 Å². The summed E-state index contributed by atoms with van der Waals surface area (Å²) in [6.07, 6.45) is 4.44. The summed E-state index contributed by atoms with van der Waals surface area (Å²) in [5, 5.41) is 5.02. The minimum atomic E-state index is -1.09. The maximum absolute atomic E-state index is 12.2. The first-order valence-electron chi connectivity index (χ1n) is 9.12. The Bertz CT molecular complexity index is 745. The molecule has 1 heterocycles. The Hall–Kier alpha value is -3.08. The Kier molecular flexibility index (Phi) is 10.2. The molecule has 0 aliphatic rings. The fraction of sp³-hybridized carbons (Fsp3) is 0.368. The van der Waals surface area contributed by atoms with Crippen LogP contribution in [0.3, 0.4) is 0 Å². The zero-order valence-corrected chi connectivity index (χ0v) is 16.4. The molecule has 0 saturated carbocycles. The Balaban J connectivity index is 2.54. The smallest absolute Gasteiger partial charge is 0.243 e. The number of rotatable bonds is 12. The van der Waals surface area contributed by atoms with Crippen LogP contribution >= 0.6 is 0 Å². The van der Waals surface area contributed by atoms with Gasteiger partial charge in [0.2, 0.25) is 17.7 Å². The van der Waals surface area contributed by atoms with Crippen LogP contribution in [0.25, 0.3) is 12.2 Å². The molecule has 0 spiro atoms. The third kappa shape index (κ3) is 7.82. The van der Waals surface area contributed by atoms with Crippen molar-refractivity contribution in [1.82, 2.24) is 15.2 Å². The van der Waals surface area contributed by atoms with Crippen LogP contribution in [0, 0.1) is 0 Å². The molecule has 0 fully saturated rings. The minimum absolute atomic E-state index is 0.205. The lowest BCUT2D eigenvalue weighted by atomic mass is 10.1. The van der Waals surface area contributed by atoms with Gasteiger partial charge in [0.15, 0.2) is 0 Å². The monoisotopic (exact) mass is 403 g/mol. The lowest BCUT2D eigenvalue weighted by Gasteiger charge is -2.22. The summed E-state index contributed by atoms with van der Waals surface area (Å²) in [6.45, 7) is 8.26. The van der Waals surface area contributed by atoms with Crippen molar-refractivity contribution in [2.75, 3.05) is 38.0 Å². The predicted octanol–water partition coefficient (Wildman–Crippen LogP) is -1.11. The van der Waals surface area contributed by atoms with Crippen LogP contribution < -0.4 is 27.8 Å². The second-order valence-electron chi connectivity index (χ2n) is 6.14. The number of carbonyl (C=O) groups is 3. The molecule has 8 N–H and O–H groups in total. The summed E-state index contributed by atoms with van der Waals surface area (Å²) in [6, 6.07) is 0.596. The fourth-order valence-electron chi connectivity index (χ4n) is 2.48. The third-order valence-electron chi connectivity index (χ3n) is 3.95. The zero-order valence-electron chi connectivity index (χ0n) is 16.4. The number of nitrogens with two attached hydrogens (primary N) is 3. The van der Waals surface area contributed by atoms with E-state index in [9.17, 15) is 14.4 Å². The number of hydrogen-bond acceptors (Lipinski definition) is 7. The standard InChI is InChI=1S/C19H29N7O3/c1-3-13-9-14(11-23-16(13)4-2)25-17(27)12-24-19(29)15(22)10-18(28)26(7-5-20)8-6-21/h3-4,9,11,15H,1-2,5-8,10,12,20-22H2,(H,24,29)(H,25,27). The van der Waals surface area contributed by atoms with E-state index >= 15 is 0 Å². The Labute approximate surface area is 170 Å². The maximum Gasteiger partial charge on any atom is 0.243 e. The highest BCUT2D eigenvalue weighted by Gasteiger charge is 2.21. The highest BCUT2D eigenvalue weighted by molar-refractivity contribution is 5.96. The number of nitrogens with zero attached hydrogens (tertiary/aromatic N) is 2. The van der Waals surface area contributed by atoms with Crippen LogP contribution in [-0.4, -0.2) is 66.4 Å². The summed E-state index contributed by atoms with van der Waals surface area (Å²) in [5.41, 5.74) is 18.5. The topological polar surface area (TPSA) is 169 Å². The fourth-order valence-corrected chi connectivity index (χ4v) is 2.48. The molecule has 0 aromatic carbocycles. The van der Waals surface area contributed by atoms with E-state index in [2.05, 4.69) is 28.8 Å². The van der Waals surface area contributed by atoms with E-state index < -0.39 is 17.9 Å². The first-order valence-corrected chi connectivity index (χ1v) is 9.12. The van der Waals surface area contributed by atoms with E-state index in [-0.39, 0.29) is 32.0 Å². The number of nitrogens with one attached hydrogen (secondary N) is 2. The Morgan fingerprint density at radius 2 is 1.83 bits per heavy atom. The molecule has 10 nitrogen and oxygen atoms in total. The normalized spacial score (nSPS) is 11.3. The number of amides is 3. The molecule has 0 radical (unpaired) electrons. The third-order valence-corrected chi connectivity index (χ3v) is 3.95. The van der Waals surface area contributed by atoms with Crippen molar-refractivity contribution in [3.8, 4) is 0 Å². The van der Waals surface area contributed by atoms with Crippen molar-refractivity contribution in [1.29, 1.82) is 0 Å². The van der Waals surface area contributed by atoms with Crippen LogP contribution in [-0.2, 0) is 14.4 Å². The second kappa shape index (κ2) is 12.4. The lowest BCUT2D eigenvalue weighted by Crippen LogP contribution is -2.47. The molecule has 1 unspecified atom stereocenters. The van der Waals surface area contributed by atoms with Gasteiger partial charge in [0, 0.05) is 31.7 Å². The molecule has 1 aromatic heterocycles. The van der Waals surface area contributed by atoms with Crippen LogP contribution in [0.1, 0.15) is 17.7 Å². The molecule has 10 heteroatoms. The minimum Gasteiger partial charge on any atom is -0.346 e. The van der Waals surface area contributed by atoms with Crippen molar-refractivity contribution in [3.05, 3.63) is 36.7 Å². The van der Waals surface area contributed by atoms with Gasteiger partial charge in [-0.25, -0.2) is 0 Å². The number of aromatic nitrogens is 1. The van der Waals surface area contributed by atoms with Crippen LogP contribution in [0.15, 0.2) is 25.4 Å². The van der Waals surface area contributed by atoms with Crippen LogP contribution in [0.2, 0.25) is 0 Å². The molecule has 1 aromatic rings. The van der Waals surface area contributed by atoms with E-state index in [1.54, 1.807) is 18.2 Å². The van der Waals surface area contributed by atoms with Crippen molar-refractivity contribution in [3.63, 3.8) is 0 Å². The first-order chi connectivity index (χ1) is 13.9. The average molecular weight is 403 g/mol. The quantitative estimate of drug-likeness (QED) is 0.294. The van der Waals surface area contributed by atoms with E-state index in [1.807, 2.05) is 0 Å². The van der Waals surface area contributed by atoms with Gasteiger partial charge in [-0.2, -0.15) is 0 Å². The van der Waals surface area contributed by atoms with Gasteiger partial charge in [-0.05, 0) is 12.1 Å². The van der Waals surface area contributed by atoms with Crippen LogP contribution in [0.4, 0.5) is 5.69 Å². The summed E-state index contributed by atoms with van der Waals surface area (Å²) in [7, 11) is 0. The molecular formula is C19H29N7O3. The zero-order chi connectivity index (χ0) is 21.8. The number of anilines is 1. The molecule has 0 aliphatic carbocycles. The summed E-state index contributed by atoms with van der Waals surface area (Å²) < 4.78 is 0. The van der Waals surface area contributed by atoms with Gasteiger partial charge in [-0.3, -0.25) is 19.4 Å². The highest BCUT2D eigenvalue weighted by Crippen LogP contribution is 2.15. The molecule has 3 amide bonds. The molecular weight excluding hydrogens is 374 g/mol. The molecule has 0 aliphatic heterocycles. The van der Waals surface area contributed by atoms with Gasteiger partial charge < -0.3 is 32.7 Å². The van der Waals surface area contributed by atoms with E-state index in [1.165, 1.54) is 11.1 Å². The molecule has 0 saturated heterocycles. The van der Waals surface area contributed by atoms with Crippen molar-refractivity contribution in [2.45, 2.75) is 12.5 Å². The first kappa shape index (κ1) is 24.0. The van der Waals surface area contributed by atoms with Gasteiger partial charge in [0.05, 0.1) is 36.6 Å². The van der Waals surface area contributed by atoms with Gasteiger partial charge in [-0.15, -0.1) is 0 Å². The SMILES string of the molecule is C=Cc1cc(NC(=O)CNC(=O)C(N)CC(=O)N(CCN)CCN)cnc1C=C. The van der Waals surface area contributed by atoms with Gasteiger partial charge in [0.1, 0.15) is 0 Å². The van der Waals surface area contributed by atoms with Gasteiger partial charge in [0.25, 0.3) is 0 Å². The van der Waals surface area contributed by atoms with Crippen LogP contribution in [0.5, 0.6) is 0 Å².